The molecule has 1 aromatic carbocycles. The molecule has 0 spiro atoms. The third kappa shape index (κ3) is 2.53. The Morgan fingerprint density at radius 1 is 1.32 bits per heavy atom. The van der Waals surface area contributed by atoms with Gasteiger partial charge in [-0.1, -0.05) is 18.2 Å². The van der Waals surface area contributed by atoms with Gasteiger partial charge in [-0.15, -0.1) is 11.3 Å². The first-order chi connectivity index (χ1) is 10.4. The van der Waals surface area contributed by atoms with Crippen molar-refractivity contribution in [1.29, 1.82) is 0 Å². The molecule has 1 aromatic heterocycles. The van der Waals surface area contributed by atoms with Gasteiger partial charge in [0.15, 0.2) is 0 Å². The Kier molecular flexibility index (Phi) is 3.96. The number of likely N-dealkylation sites (N-methyl/N-ethyl adjacent to an activating group) is 2. The number of rotatable bonds is 3. The summed E-state index contributed by atoms with van der Waals surface area (Å²) in [4.78, 5) is 13.5. The summed E-state index contributed by atoms with van der Waals surface area (Å²) in [5, 5.41) is 2.47. The minimum absolute atomic E-state index is 0.0723. The number of piperidine rings is 1. The van der Waals surface area contributed by atoms with Gasteiger partial charge in [-0.25, -0.2) is 8.42 Å². The van der Waals surface area contributed by atoms with E-state index in [9.17, 15) is 13.2 Å². The zero-order chi connectivity index (χ0) is 15.9. The number of carbonyl (C=O) groups is 1. The number of nitrogens with zero attached hydrogens (tertiary/aromatic N) is 2. The quantitative estimate of drug-likeness (QED) is 0.861. The number of amides is 1. The molecular formula is C15H18N2O3S2. The molecule has 22 heavy (non-hydrogen) atoms. The fourth-order valence-corrected chi connectivity index (χ4v) is 5.64. The van der Waals surface area contributed by atoms with Gasteiger partial charge < -0.3 is 4.90 Å². The van der Waals surface area contributed by atoms with Gasteiger partial charge in [0.2, 0.25) is 15.9 Å². The van der Waals surface area contributed by atoms with E-state index in [0.717, 1.165) is 10.1 Å². The lowest BCUT2D eigenvalue weighted by atomic mass is 10.1. The summed E-state index contributed by atoms with van der Waals surface area (Å²) in [6, 6.07) is 7.34. The molecule has 7 heteroatoms. The van der Waals surface area contributed by atoms with Crippen molar-refractivity contribution in [3.63, 3.8) is 0 Å². The second-order valence-corrected chi connectivity index (χ2v) is 8.46. The van der Waals surface area contributed by atoms with Crippen LogP contribution in [0.25, 0.3) is 10.1 Å². The van der Waals surface area contributed by atoms with Crippen molar-refractivity contribution in [3.8, 4) is 0 Å². The highest BCUT2D eigenvalue weighted by molar-refractivity contribution is 7.89. The molecule has 1 fully saturated rings. The smallest absolute Gasteiger partial charge is 0.244 e. The van der Waals surface area contributed by atoms with Crippen LogP contribution in [0.4, 0.5) is 0 Å². The summed E-state index contributed by atoms with van der Waals surface area (Å²) in [5.74, 6) is 0.0723. The number of likely N-dealkylation sites (tertiary alicyclic amines) is 1. The van der Waals surface area contributed by atoms with Crippen LogP contribution in [0.1, 0.15) is 12.8 Å². The predicted molar refractivity (Wildman–Crippen MR) is 87.4 cm³/mol. The standard InChI is InChI=1S/C15H18N2O3S2/c1-16-9-11(7-8-15(16)18)17(2)22(19,20)14-10-21-13-6-4-3-5-12(13)14/h3-6,10-11H,7-9H2,1-2H3. The molecule has 0 N–H and O–H groups in total. The number of hydrogen-bond donors (Lipinski definition) is 0. The largest absolute Gasteiger partial charge is 0.344 e. The van der Waals surface area contributed by atoms with E-state index in [4.69, 9.17) is 0 Å². The summed E-state index contributed by atoms with van der Waals surface area (Å²) < 4.78 is 28.2. The van der Waals surface area contributed by atoms with Crippen LogP contribution < -0.4 is 0 Å². The number of sulfonamides is 1. The van der Waals surface area contributed by atoms with Crippen LogP contribution in [0.5, 0.6) is 0 Å². The van der Waals surface area contributed by atoms with Crippen molar-refractivity contribution < 1.29 is 13.2 Å². The van der Waals surface area contributed by atoms with E-state index in [0.29, 0.717) is 24.3 Å². The molecule has 2 heterocycles. The summed E-state index contributed by atoms with van der Waals surface area (Å²) in [6.07, 6.45) is 0.965. The molecule has 1 aliphatic rings. The van der Waals surface area contributed by atoms with E-state index in [-0.39, 0.29) is 11.9 Å². The van der Waals surface area contributed by atoms with Gasteiger partial charge in [0.1, 0.15) is 4.90 Å². The van der Waals surface area contributed by atoms with Gasteiger partial charge >= 0.3 is 0 Å². The zero-order valence-electron chi connectivity index (χ0n) is 12.5. The molecule has 0 saturated carbocycles. The average molecular weight is 338 g/mol. The molecule has 1 saturated heterocycles. The van der Waals surface area contributed by atoms with E-state index in [1.165, 1.54) is 15.6 Å². The van der Waals surface area contributed by atoms with E-state index in [2.05, 4.69) is 0 Å². The fraction of sp³-hybridized carbons (Fsp3) is 0.400. The molecule has 1 atom stereocenters. The first kappa shape index (κ1) is 15.5. The molecular weight excluding hydrogens is 320 g/mol. The van der Waals surface area contributed by atoms with Crippen LogP contribution in [-0.4, -0.2) is 50.2 Å². The van der Waals surface area contributed by atoms with E-state index in [1.807, 2.05) is 24.3 Å². The van der Waals surface area contributed by atoms with Crippen LogP contribution in [-0.2, 0) is 14.8 Å². The Hall–Kier alpha value is -1.44. The molecule has 0 bridgehead atoms. The Labute approximate surface area is 134 Å². The Morgan fingerprint density at radius 2 is 2.05 bits per heavy atom. The zero-order valence-corrected chi connectivity index (χ0v) is 14.2. The van der Waals surface area contributed by atoms with E-state index >= 15 is 0 Å². The number of carbonyl (C=O) groups excluding carboxylic acids is 1. The molecule has 0 aliphatic carbocycles. The first-order valence-electron chi connectivity index (χ1n) is 7.09. The van der Waals surface area contributed by atoms with Crippen LogP contribution in [0.15, 0.2) is 34.5 Å². The highest BCUT2D eigenvalue weighted by Gasteiger charge is 2.34. The Bertz CT molecular complexity index is 813. The molecule has 5 nitrogen and oxygen atoms in total. The maximum atomic E-state index is 12.9. The van der Waals surface area contributed by atoms with Crippen molar-refractivity contribution in [2.75, 3.05) is 20.6 Å². The molecule has 1 aliphatic heterocycles. The second kappa shape index (κ2) is 5.64. The lowest BCUT2D eigenvalue weighted by Crippen LogP contribution is -2.49. The van der Waals surface area contributed by atoms with Gasteiger partial charge in [0, 0.05) is 48.6 Å². The average Bonchev–Trinajstić information content (AvgIpc) is 2.94. The monoisotopic (exact) mass is 338 g/mol. The molecule has 1 amide bonds. The molecule has 0 radical (unpaired) electrons. The van der Waals surface area contributed by atoms with Crippen molar-refractivity contribution >= 4 is 37.4 Å². The minimum atomic E-state index is -3.56. The predicted octanol–water partition coefficient (Wildman–Crippen LogP) is 2.14. The number of benzene rings is 1. The molecule has 2 aromatic rings. The van der Waals surface area contributed by atoms with Crippen molar-refractivity contribution in [2.45, 2.75) is 23.8 Å². The van der Waals surface area contributed by atoms with Crippen molar-refractivity contribution in [2.24, 2.45) is 0 Å². The topological polar surface area (TPSA) is 57.7 Å². The van der Waals surface area contributed by atoms with Crippen LogP contribution in [0.3, 0.4) is 0 Å². The maximum absolute atomic E-state index is 12.9. The van der Waals surface area contributed by atoms with Crippen LogP contribution in [0.2, 0.25) is 0 Å². The summed E-state index contributed by atoms with van der Waals surface area (Å²) >= 11 is 1.44. The lowest BCUT2D eigenvalue weighted by Gasteiger charge is -2.34. The Balaban J connectivity index is 1.94. The fourth-order valence-electron chi connectivity index (χ4n) is 2.79. The van der Waals surface area contributed by atoms with Gasteiger partial charge in [-0.2, -0.15) is 4.31 Å². The highest BCUT2D eigenvalue weighted by Crippen LogP contribution is 2.32. The van der Waals surface area contributed by atoms with Gasteiger partial charge in [-0.3, -0.25) is 4.79 Å². The SMILES string of the molecule is CN1CC(N(C)S(=O)(=O)c2csc3ccccc23)CCC1=O. The van der Waals surface area contributed by atoms with Gasteiger partial charge in [0.05, 0.1) is 0 Å². The summed E-state index contributed by atoms with van der Waals surface area (Å²) in [5.41, 5.74) is 0. The summed E-state index contributed by atoms with van der Waals surface area (Å²) in [7, 11) is -0.233. The number of fused-ring (bicyclic) bond motifs is 1. The number of hydrogen-bond acceptors (Lipinski definition) is 4. The van der Waals surface area contributed by atoms with E-state index < -0.39 is 10.0 Å². The number of thiophene rings is 1. The molecule has 3 rings (SSSR count). The maximum Gasteiger partial charge on any atom is 0.244 e. The molecule has 1 unspecified atom stereocenters. The second-order valence-electron chi connectivity index (χ2n) is 5.58. The minimum Gasteiger partial charge on any atom is -0.344 e. The normalized spacial score (nSPS) is 20.0. The third-order valence-electron chi connectivity index (χ3n) is 4.22. The molecule has 118 valence electrons. The Morgan fingerprint density at radius 3 is 2.77 bits per heavy atom. The van der Waals surface area contributed by atoms with Gasteiger partial charge in [-0.05, 0) is 12.5 Å². The van der Waals surface area contributed by atoms with Gasteiger partial charge in [0.25, 0.3) is 0 Å². The van der Waals surface area contributed by atoms with Crippen molar-refractivity contribution in [1.82, 2.24) is 9.21 Å². The van der Waals surface area contributed by atoms with E-state index in [1.54, 1.807) is 24.4 Å². The lowest BCUT2D eigenvalue weighted by molar-refractivity contribution is -0.133. The van der Waals surface area contributed by atoms with Crippen LogP contribution >= 0.6 is 11.3 Å². The first-order valence-corrected chi connectivity index (χ1v) is 9.41. The summed E-state index contributed by atoms with van der Waals surface area (Å²) in [6.45, 7) is 0.441. The van der Waals surface area contributed by atoms with Crippen LogP contribution in [0, 0.1) is 0 Å². The van der Waals surface area contributed by atoms with Crippen molar-refractivity contribution in [3.05, 3.63) is 29.6 Å². The highest BCUT2D eigenvalue weighted by atomic mass is 32.2. The third-order valence-corrected chi connectivity index (χ3v) is 7.28.